The Morgan fingerprint density at radius 2 is 2.38 bits per heavy atom. The normalized spacial score (nSPS) is 20.9. The van der Waals surface area contributed by atoms with Gasteiger partial charge in [0, 0.05) is 10.1 Å². The highest BCUT2D eigenvalue weighted by molar-refractivity contribution is 7.99. The quantitative estimate of drug-likeness (QED) is 0.716. The zero-order valence-electron chi connectivity index (χ0n) is 7.49. The van der Waals surface area contributed by atoms with Gasteiger partial charge in [-0.15, -0.1) is 11.8 Å². The predicted octanol–water partition coefficient (Wildman–Crippen LogP) is 3.16. The van der Waals surface area contributed by atoms with Gasteiger partial charge in [0.15, 0.2) is 0 Å². The smallest absolute Gasteiger partial charge is 0.119 e. The van der Waals surface area contributed by atoms with Crippen LogP contribution in [0.1, 0.15) is 17.2 Å². The summed E-state index contributed by atoms with van der Waals surface area (Å²) in [7, 11) is 1.70. The van der Waals surface area contributed by atoms with Crippen molar-refractivity contribution in [2.45, 2.75) is 16.6 Å². The van der Waals surface area contributed by atoms with E-state index in [-0.39, 0.29) is 0 Å². The number of hydrogen-bond acceptors (Lipinski definition) is 3. The maximum atomic E-state index is 5.19. The third-order valence-electron chi connectivity index (χ3n) is 2.22. The monoisotopic (exact) mass is 212 g/mol. The summed E-state index contributed by atoms with van der Waals surface area (Å²) in [5.74, 6) is 2.10. The van der Waals surface area contributed by atoms with Gasteiger partial charge >= 0.3 is 0 Å². The number of benzene rings is 1. The highest BCUT2D eigenvalue weighted by atomic mass is 32.2. The van der Waals surface area contributed by atoms with Gasteiger partial charge in [-0.25, -0.2) is 0 Å². The zero-order chi connectivity index (χ0) is 9.26. The molecule has 0 N–H and O–H groups in total. The second kappa shape index (κ2) is 3.84. The van der Waals surface area contributed by atoms with E-state index in [1.807, 2.05) is 17.8 Å². The molecule has 0 saturated heterocycles. The molecule has 1 aliphatic heterocycles. The molecule has 1 heterocycles. The minimum absolute atomic E-state index is 0.381. The van der Waals surface area contributed by atoms with Gasteiger partial charge in [0.25, 0.3) is 0 Å². The van der Waals surface area contributed by atoms with E-state index in [9.17, 15) is 0 Å². The number of thioether (sulfide) groups is 1. The second-order valence-electron chi connectivity index (χ2n) is 3.06. The first kappa shape index (κ1) is 9.28. The van der Waals surface area contributed by atoms with Gasteiger partial charge in [0.1, 0.15) is 5.75 Å². The second-order valence-corrected chi connectivity index (χ2v) is 4.82. The zero-order valence-corrected chi connectivity index (χ0v) is 9.20. The molecule has 1 atom stereocenters. The first-order valence-electron chi connectivity index (χ1n) is 4.30. The average molecular weight is 212 g/mol. The van der Waals surface area contributed by atoms with Crippen LogP contribution in [0, 0.1) is 0 Å². The molecule has 0 aromatic heterocycles. The number of ether oxygens (including phenoxy) is 1. The summed E-state index contributed by atoms with van der Waals surface area (Å²) in [5, 5.41) is 0.381. The Bertz CT molecular complexity index is 312. The van der Waals surface area contributed by atoms with Crippen LogP contribution < -0.4 is 4.74 Å². The number of hydrogen-bond donors (Lipinski definition) is 1. The molecule has 1 unspecified atom stereocenters. The summed E-state index contributed by atoms with van der Waals surface area (Å²) in [6.07, 6.45) is 1.15. The van der Waals surface area contributed by atoms with Crippen molar-refractivity contribution in [1.29, 1.82) is 0 Å². The Kier molecular flexibility index (Phi) is 2.74. The van der Waals surface area contributed by atoms with Crippen molar-refractivity contribution in [3.8, 4) is 5.75 Å². The van der Waals surface area contributed by atoms with Crippen LogP contribution in [-0.4, -0.2) is 12.9 Å². The summed E-state index contributed by atoms with van der Waals surface area (Å²) in [6, 6.07) is 6.23. The van der Waals surface area contributed by atoms with Crippen LogP contribution in [0.25, 0.3) is 0 Å². The van der Waals surface area contributed by atoms with Crippen LogP contribution in [-0.2, 0) is 0 Å². The van der Waals surface area contributed by atoms with Crippen molar-refractivity contribution >= 4 is 24.4 Å². The topological polar surface area (TPSA) is 9.23 Å². The largest absolute Gasteiger partial charge is 0.497 e. The lowest BCUT2D eigenvalue weighted by Gasteiger charge is -2.21. The maximum absolute atomic E-state index is 5.19. The molecule has 70 valence electrons. The minimum atomic E-state index is 0.381. The summed E-state index contributed by atoms with van der Waals surface area (Å²) in [5.41, 5.74) is 1.32. The fourth-order valence-corrected chi connectivity index (χ4v) is 3.19. The van der Waals surface area contributed by atoms with Crippen LogP contribution in [0.4, 0.5) is 0 Å². The Balaban J connectivity index is 2.41. The lowest BCUT2D eigenvalue weighted by molar-refractivity contribution is 0.413. The Morgan fingerprint density at radius 3 is 3.15 bits per heavy atom. The Labute approximate surface area is 88.3 Å². The standard InChI is InChI=1S/C10H12OS2/c1-11-7-2-3-10-8(6-7)9(12)4-5-13-10/h2-3,6,9,12H,4-5H2,1H3. The van der Waals surface area contributed by atoms with E-state index in [4.69, 9.17) is 4.74 Å². The van der Waals surface area contributed by atoms with E-state index in [0.717, 1.165) is 12.2 Å². The van der Waals surface area contributed by atoms with Crippen LogP contribution in [0.15, 0.2) is 23.1 Å². The first-order valence-corrected chi connectivity index (χ1v) is 5.80. The number of methoxy groups -OCH3 is 1. The van der Waals surface area contributed by atoms with Gasteiger partial charge in [-0.2, -0.15) is 12.6 Å². The molecule has 1 aliphatic rings. The van der Waals surface area contributed by atoms with Crippen molar-refractivity contribution in [2.24, 2.45) is 0 Å². The molecule has 0 spiro atoms. The summed E-state index contributed by atoms with van der Waals surface area (Å²) in [6.45, 7) is 0. The van der Waals surface area contributed by atoms with Crippen LogP contribution in [0.2, 0.25) is 0 Å². The summed E-state index contributed by atoms with van der Waals surface area (Å²) >= 11 is 6.46. The van der Waals surface area contributed by atoms with E-state index in [1.54, 1.807) is 7.11 Å². The highest BCUT2D eigenvalue weighted by Crippen LogP contribution is 2.40. The third-order valence-corrected chi connectivity index (χ3v) is 3.88. The molecular formula is C10H12OS2. The fourth-order valence-electron chi connectivity index (χ4n) is 1.48. The van der Waals surface area contributed by atoms with Crippen molar-refractivity contribution in [2.75, 3.05) is 12.9 Å². The lowest BCUT2D eigenvalue weighted by atomic mass is 10.1. The minimum Gasteiger partial charge on any atom is -0.497 e. The van der Waals surface area contributed by atoms with Gasteiger partial charge in [0.05, 0.1) is 7.11 Å². The average Bonchev–Trinajstić information content (AvgIpc) is 2.18. The van der Waals surface area contributed by atoms with Gasteiger partial charge in [-0.3, -0.25) is 0 Å². The van der Waals surface area contributed by atoms with Crippen molar-refractivity contribution in [1.82, 2.24) is 0 Å². The maximum Gasteiger partial charge on any atom is 0.119 e. The molecule has 1 aromatic rings. The molecule has 0 amide bonds. The lowest BCUT2D eigenvalue weighted by Crippen LogP contribution is -2.02. The van der Waals surface area contributed by atoms with Crippen molar-refractivity contribution in [3.05, 3.63) is 23.8 Å². The number of rotatable bonds is 1. The van der Waals surface area contributed by atoms with Crippen molar-refractivity contribution < 1.29 is 4.74 Å². The molecule has 0 aliphatic carbocycles. The van der Waals surface area contributed by atoms with Gasteiger partial charge in [0.2, 0.25) is 0 Å². The van der Waals surface area contributed by atoms with Gasteiger partial charge < -0.3 is 4.74 Å². The molecule has 0 radical (unpaired) electrons. The van der Waals surface area contributed by atoms with Gasteiger partial charge in [-0.05, 0) is 35.9 Å². The SMILES string of the molecule is COc1ccc2c(c1)C(S)CCS2. The number of thiol groups is 1. The van der Waals surface area contributed by atoms with E-state index < -0.39 is 0 Å². The predicted molar refractivity (Wildman–Crippen MR) is 60.1 cm³/mol. The van der Waals surface area contributed by atoms with Gasteiger partial charge in [-0.1, -0.05) is 0 Å². The summed E-state index contributed by atoms with van der Waals surface area (Å²) < 4.78 is 5.19. The van der Waals surface area contributed by atoms with Crippen LogP contribution >= 0.6 is 24.4 Å². The molecule has 3 heteroatoms. The molecule has 1 aromatic carbocycles. The third kappa shape index (κ3) is 1.81. The van der Waals surface area contributed by atoms with E-state index in [1.165, 1.54) is 16.2 Å². The molecule has 0 bridgehead atoms. The molecule has 1 nitrogen and oxygen atoms in total. The summed E-state index contributed by atoms with van der Waals surface area (Å²) in [4.78, 5) is 1.35. The Morgan fingerprint density at radius 1 is 1.54 bits per heavy atom. The van der Waals surface area contributed by atoms with Crippen LogP contribution in [0.3, 0.4) is 0 Å². The van der Waals surface area contributed by atoms with Crippen LogP contribution in [0.5, 0.6) is 5.75 Å². The molecule has 2 rings (SSSR count). The fraction of sp³-hybridized carbons (Fsp3) is 0.400. The molecule has 0 saturated carbocycles. The van der Waals surface area contributed by atoms with E-state index in [2.05, 4.69) is 24.8 Å². The molecule has 13 heavy (non-hydrogen) atoms. The molecular weight excluding hydrogens is 200 g/mol. The van der Waals surface area contributed by atoms with Crippen molar-refractivity contribution in [3.63, 3.8) is 0 Å². The van der Waals surface area contributed by atoms with E-state index >= 15 is 0 Å². The number of fused-ring (bicyclic) bond motifs is 1. The Hall–Kier alpha value is -0.280. The van der Waals surface area contributed by atoms with E-state index in [0.29, 0.717) is 5.25 Å². The highest BCUT2D eigenvalue weighted by Gasteiger charge is 2.17. The first-order chi connectivity index (χ1) is 6.31. The molecule has 0 fully saturated rings.